The number of ether oxygens (including phenoxy) is 1. The number of urea groups is 1. The molecular formula is C21H24ClN3O2. The number of rotatable bonds is 4. The van der Waals surface area contributed by atoms with Crippen molar-refractivity contribution in [1.29, 1.82) is 0 Å². The highest BCUT2D eigenvalue weighted by atomic mass is 35.5. The predicted octanol–water partition coefficient (Wildman–Crippen LogP) is 3.44. The van der Waals surface area contributed by atoms with Crippen LogP contribution in [0, 0.1) is 0 Å². The van der Waals surface area contributed by atoms with Crippen LogP contribution >= 0.6 is 11.6 Å². The number of nitrogens with one attached hydrogen (secondary N) is 1. The van der Waals surface area contributed by atoms with Gasteiger partial charge >= 0.3 is 6.03 Å². The summed E-state index contributed by atoms with van der Waals surface area (Å²) in [6, 6.07) is 14.1. The van der Waals surface area contributed by atoms with Gasteiger partial charge in [0.2, 0.25) is 0 Å². The van der Waals surface area contributed by atoms with Gasteiger partial charge in [0.1, 0.15) is 0 Å². The molecule has 4 rings (SSSR count). The van der Waals surface area contributed by atoms with Crippen LogP contribution in [0.1, 0.15) is 16.7 Å². The molecule has 2 aliphatic rings. The summed E-state index contributed by atoms with van der Waals surface area (Å²) in [5.74, 6) is 0. The SMILES string of the molecule is O=C(NCc1cccc(CN2CCOCC2)c1)N1CCc2c(Cl)cccc21. The molecule has 1 saturated heterocycles. The molecule has 142 valence electrons. The zero-order chi connectivity index (χ0) is 18.6. The number of anilines is 1. The van der Waals surface area contributed by atoms with E-state index in [1.54, 1.807) is 4.90 Å². The molecule has 5 nitrogen and oxygen atoms in total. The van der Waals surface area contributed by atoms with Crippen molar-refractivity contribution in [3.8, 4) is 0 Å². The summed E-state index contributed by atoms with van der Waals surface area (Å²) in [7, 11) is 0. The first-order valence-corrected chi connectivity index (χ1v) is 9.79. The van der Waals surface area contributed by atoms with Crippen molar-refractivity contribution in [1.82, 2.24) is 10.2 Å². The molecule has 2 heterocycles. The van der Waals surface area contributed by atoms with Crippen molar-refractivity contribution >= 4 is 23.3 Å². The summed E-state index contributed by atoms with van der Waals surface area (Å²) in [6.45, 7) is 5.65. The number of morpholine rings is 1. The van der Waals surface area contributed by atoms with Gasteiger partial charge in [0.15, 0.2) is 0 Å². The zero-order valence-electron chi connectivity index (χ0n) is 15.3. The van der Waals surface area contributed by atoms with Gasteiger partial charge in [-0.1, -0.05) is 41.9 Å². The Morgan fingerprint density at radius 2 is 1.85 bits per heavy atom. The van der Waals surface area contributed by atoms with Gasteiger partial charge in [-0.15, -0.1) is 0 Å². The topological polar surface area (TPSA) is 44.8 Å². The summed E-state index contributed by atoms with van der Waals surface area (Å²) < 4.78 is 5.41. The fraction of sp³-hybridized carbons (Fsp3) is 0.381. The molecule has 0 unspecified atom stereocenters. The second-order valence-corrected chi connectivity index (χ2v) is 7.41. The van der Waals surface area contributed by atoms with Crippen LogP contribution in [0.5, 0.6) is 0 Å². The first kappa shape index (κ1) is 18.3. The van der Waals surface area contributed by atoms with Gasteiger partial charge in [0.05, 0.1) is 18.9 Å². The number of hydrogen-bond donors (Lipinski definition) is 1. The molecule has 2 amide bonds. The maximum absolute atomic E-state index is 12.6. The Morgan fingerprint density at radius 3 is 2.70 bits per heavy atom. The van der Waals surface area contributed by atoms with Crippen LogP contribution in [0.4, 0.5) is 10.5 Å². The number of halogens is 1. The van der Waals surface area contributed by atoms with E-state index in [4.69, 9.17) is 16.3 Å². The molecule has 2 aromatic carbocycles. The monoisotopic (exact) mass is 385 g/mol. The zero-order valence-corrected chi connectivity index (χ0v) is 16.0. The van der Waals surface area contributed by atoms with E-state index in [-0.39, 0.29) is 6.03 Å². The van der Waals surface area contributed by atoms with Gasteiger partial charge in [0, 0.05) is 37.7 Å². The molecule has 0 atom stereocenters. The number of carbonyl (C=O) groups is 1. The van der Waals surface area contributed by atoms with Gasteiger partial charge in [0.25, 0.3) is 0 Å². The number of nitrogens with zero attached hydrogens (tertiary/aromatic N) is 2. The van der Waals surface area contributed by atoms with E-state index in [1.807, 2.05) is 18.2 Å². The lowest BCUT2D eigenvalue weighted by Gasteiger charge is -2.26. The Kier molecular flexibility index (Phi) is 5.62. The lowest BCUT2D eigenvalue weighted by molar-refractivity contribution is 0.0342. The number of benzene rings is 2. The Morgan fingerprint density at radius 1 is 1.07 bits per heavy atom. The summed E-state index contributed by atoms with van der Waals surface area (Å²) in [6.07, 6.45) is 0.803. The highest BCUT2D eigenvalue weighted by Gasteiger charge is 2.25. The van der Waals surface area contributed by atoms with E-state index >= 15 is 0 Å². The maximum atomic E-state index is 12.6. The largest absolute Gasteiger partial charge is 0.379 e. The van der Waals surface area contributed by atoms with Gasteiger partial charge in [-0.25, -0.2) is 4.79 Å². The molecule has 0 spiro atoms. The third-order valence-electron chi connectivity index (χ3n) is 5.16. The normalized spacial score (nSPS) is 17.0. The first-order chi connectivity index (χ1) is 13.2. The van der Waals surface area contributed by atoms with Crippen molar-refractivity contribution in [3.05, 3.63) is 64.2 Å². The smallest absolute Gasteiger partial charge is 0.322 e. The third-order valence-corrected chi connectivity index (χ3v) is 5.51. The molecule has 0 saturated carbocycles. The molecular weight excluding hydrogens is 362 g/mol. The average molecular weight is 386 g/mol. The standard InChI is InChI=1S/C21H24ClN3O2/c22-19-5-2-6-20-18(19)7-8-25(20)21(26)23-14-16-3-1-4-17(13-16)15-24-9-11-27-12-10-24/h1-6,13H,7-12,14-15H2,(H,23,26). The second kappa shape index (κ2) is 8.30. The number of amides is 2. The van der Waals surface area contributed by atoms with Gasteiger partial charge in [-0.05, 0) is 35.2 Å². The molecule has 27 heavy (non-hydrogen) atoms. The van der Waals surface area contributed by atoms with Crippen LogP contribution in [0.15, 0.2) is 42.5 Å². The van der Waals surface area contributed by atoms with Gasteiger partial charge in [-0.2, -0.15) is 0 Å². The van der Waals surface area contributed by atoms with Gasteiger partial charge < -0.3 is 10.1 Å². The molecule has 2 aliphatic heterocycles. The van der Waals surface area contributed by atoms with Gasteiger partial charge in [-0.3, -0.25) is 9.80 Å². The van der Waals surface area contributed by atoms with Crippen LogP contribution in [-0.2, 0) is 24.2 Å². The molecule has 0 bridgehead atoms. The minimum Gasteiger partial charge on any atom is -0.379 e. The van der Waals surface area contributed by atoms with E-state index < -0.39 is 0 Å². The van der Waals surface area contributed by atoms with Crippen molar-refractivity contribution in [2.45, 2.75) is 19.5 Å². The highest BCUT2D eigenvalue weighted by molar-refractivity contribution is 6.32. The lowest BCUT2D eigenvalue weighted by Crippen LogP contribution is -2.38. The second-order valence-electron chi connectivity index (χ2n) is 7.01. The summed E-state index contributed by atoms with van der Waals surface area (Å²) in [5, 5.41) is 3.78. The lowest BCUT2D eigenvalue weighted by atomic mass is 10.1. The molecule has 0 radical (unpaired) electrons. The van der Waals surface area contributed by atoms with E-state index in [2.05, 4.69) is 34.5 Å². The first-order valence-electron chi connectivity index (χ1n) is 9.41. The molecule has 1 N–H and O–H groups in total. The van der Waals surface area contributed by atoms with E-state index in [1.165, 1.54) is 5.56 Å². The maximum Gasteiger partial charge on any atom is 0.322 e. The highest BCUT2D eigenvalue weighted by Crippen LogP contribution is 2.33. The van der Waals surface area contributed by atoms with Crippen LogP contribution in [-0.4, -0.2) is 43.8 Å². The van der Waals surface area contributed by atoms with E-state index in [0.717, 1.165) is 61.1 Å². The molecule has 0 aliphatic carbocycles. The number of fused-ring (bicyclic) bond motifs is 1. The van der Waals surface area contributed by atoms with E-state index in [9.17, 15) is 4.79 Å². The summed E-state index contributed by atoms with van der Waals surface area (Å²) >= 11 is 6.24. The Hall–Kier alpha value is -2.08. The Bertz CT molecular complexity index is 821. The van der Waals surface area contributed by atoms with Crippen LogP contribution < -0.4 is 10.2 Å². The molecule has 2 aromatic rings. The number of carbonyl (C=O) groups excluding carboxylic acids is 1. The number of hydrogen-bond acceptors (Lipinski definition) is 3. The molecule has 6 heteroatoms. The van der Waals surface area contributed by atoms with Crippen LogP contribution in [0.3, 0.4) is 0 Å². The predicted molar refractivity (Wildman–Crippen MR) is 107 cm³/mol. The van der Waals surface area contributed by atoms with Crippen molar-refractivity contribution in [3.63, 3.8) is 0 Å². The molecule has 1 fully saturated rings. The summed E-state index contributed by atoms with van der Waals surface area (Å²) in [5.41, 5.74) is 4.35. The minimum atomic E-state index is -0.0744. The van der Waals surface area contributed by atoms with Crippen molar-refractivity contribution in [2.75, 3.05) is 37.7 Å². The fourth-order valence-corrected chi connectivity index (χ4v) is 4.00. The van der Waals surface area contributed by atoms with E-state index in [0.29, 0.717) is 13.1 Å². The van der Waals surface area contributed by atoms with Crippen LogP contribution in [0.2, 0.25) is 5.02 Å². The average Bonchev–Trinajstić information content (AvgIpc) is 3.13. The third kappa shape index (κ3) is 4.26. The van der Waals surface area contributed by atoms with Crippen molar-refractivity contribution in [2.24, 2.45) is 0 Å². The molecule has 0 aromatic heterocycles. The quantitative estimate of drug-likeness (QED) is 0.876. The summed E-state index contributed by atoms with van der Waals surface area (Å²) in [4.78, 5) is 16.8. The fourth-order valence-electron chi connectivity index (χ4n) is 3.73. The van der Waals surface area contributed by atoms with Crippen LogP contribution in [0.25, 0.3) is 0 Å². The minimum absolute atomic E-state index is 0.0744. The Balaban J connectivity index is 1.36. The Labute approximate surface area is 164 Å². The van der Waals surface area contributed by atoms with Crippen molar-refractivity contribution < 1.29 is 9.53 Å².